The maximum absolute atomic E-state index is 3.76. The minimum Gasteiger partial charge on any atom is -0.0988 e. The van der Waals surface area contributed by atoms with E-state index in [4.69, 9.17) is 0 Å². The van der Waals surface area contributed by atoms with Crippen LogP contribution in [0.2, 0.25) is 0 Å². The summed E-state index contributed by atoms with van der Waals surface area (Å²) in [5.41, 5.74) is 6.34. The van der Waals surface area contributed by atoms with Crippen LogP contribution in [0.1, 0.15) is 75.7 Å². The zero-order chi connectivity index (χ0) is 23.9. The highest BCUT2D eigenvalue weighted by molar-refractivity contribution is 5.21. The molecule has 0 N–H and O–H groups in total. The molecule has 0 heterocycles. The van der Waals surface area contributed by atoms with Crippen LogP contribution in [0, 0.1) is 5.92 Å². The standard InChI is InChI=1S/3C10H16/c3*1-5-10(4)8-6-7-9(2)3/h5-8H,1-4H3;6-8H,2,5H2,1,3-4H3;5-9H,1H2,2-4H3/b8-6-,10-5-;2*7-6+,10-8-. The third-order valence-corrected chi connectivity index (χ3v) is 3.74. The van der Waals surface area contributed by atoms with Crippen molar-refractivity contribution in [2.45, 2.75) is 75.7 Å². The van der Waals surface area contributed by atoms with Crippen molar-refractivity contribution in [2.24, 2.45) is 5.92 Å². The maximum atomic E-state index is 3.76. The van der Waals surface area contributed by atoms with E-state index in [9.17, 15) is 0 Å². The Hall–Kier alpha value is -2.34. The van der Waals surface area contributed by atoms with Crippen molar-refractivity contribution in [3.8, 4) is 0 Å². The first kappa shape index (κ1) is 32.3. The van der Waals surface area contributed by atoms with Crippen molar-refractivity contribution in [1.82, 2.24) is 0 Å². The summed E-state index contributed by atoms with van der Waals surface area (Å²) >= 11 is 0. The summed E-state index contributed by atoms with van der Waals surface area (Å²) in [6.45, 7) is 28.4. The highest BCUT2D eigenvalue weighted by Crippen LogP contribution is 1.99. The van der Waals surface area contributed by atoms with E-state index in [1.165, 1.54) is 22.3 Å². The lowest BCUT2D eigenvalue weighted by molar-refractivity contribution is 0.832. The SMILES string of the molecule is C/C=C(C)\C=C/C=C(C)C.C=C(C)/C=C/C=C(/C)CC.C=C/C(C)=C\C=C\C(C)C. The Kier molecular flexibility index (Phi) is 24.7. The summed E-state index contributed by atoms with van der Waals surface area (Å²) in [5, 5.41) is 0. The predicted octanol–water partition coefficient (Wildman–Crippen LogP) is 10.3. The van der Waals surface area contributed by atoms with Gasteiger partial charge in [0.2, 0.25) is 0 Å². The zero-order valence-electron chi connectivity index (χ0n) is 21.5. The lowest BCUT2D eigenvalue weighted by Gasteiger charge is -1.90. The highest BCUT2D eigenvalue weighted by atomic mass is 13.9. The Morgan fingerprint density at radius 3 is 1.77 bits per heavy atom. The lowest BCUT2D eigenvalue weighted by atomic mass is 10.2. The Balaban J connectivity index is -0.000000364. The van der Waals surface area contributed by atoms with Gasteiger partial charge in [0.15, 0.2) is 0 Å². The fraction of sp³-hybridized carbons (Fsp3) is 0.400. The third kappa shape index (κ3) is 33.3. The lowest BCUT2D eigenvalue weighted by Crippen LogP contribution is -1.75. The molecule has 168 valence electrons. The summed E-state index contributed by atoms with van der Waals surface area (Å²) in [4.78, 5) is 0. The van der Waals surface area contributed by atoms with Gasteiger partial charge in [0.25, 0.3) is 0 Å². The van der Waals surface area contributed by atoms with E-state index < -0.39 is 0 Å². The van der Waals surface area contributed by atoms with Crippen molar-refractivity contribution in [3.05, 3.63) is 108 Å². The fourth-order valence-electron chi connectivity index (χ4n) is 1.48. The minimum atomic E-state index is 0.633. The Labute approximate surface area is 189 Å². The molecule has 0 aromatic heterocycles. The molecule has 0 unspecified atom stereocenters. The topological polar surface area (TPSA) is 0 Å². The van der Waals surface area contributed by atoms with Crippen LogP contribution in [0.3, 0.4) is 0 Å². The molecular weight excluding hydrogens is 360 g/mol. The summed E-state index contributed by atoms with van der Waals surface area (Å²) in [7, 11) is 0. The molecule has 0 aromatic rings. The first-order valence-electron chi connectivity index (χ1n) is 10.9. The Morgan fingerprint density at radius 2 is 1.37 bits per heavy atom. The molecule has 0 aromatic carbocycles. The predicted molar refractivity (Wildman–Crippen MR) is 144 cm³/mol. The monoisotopic (exact) mass is 408 g/mol. The van der Waals surface area contributed by atoms with Gasteiger partial charge < -0.3 is 0 Å². The van der Waals surface area contributed by atoms with Gasteiger partial charge in [-0.15, -0.1) is 0 Å². The summed E-state index contributed by atoms with van der Waals surface area (Å²) < 4.78 is 0. The van der Waals surface area contributed by atoms with E-state index in [0.29, 0.717) is 5.92 Å². The molecule has 30 heavy (non-hydrogen) atoms. The number of rotatable bonds is 8. The maximum Gasteiger partial charge on any atom is -0.0287 e. The van der Waals surface area contributed by atoms with E-state index >= 15 is 0 Å². The van der Waals surface area contributed by atoms with Crippen molar-refractivity contribution in [3.63, 3.8) is 0 Å². The number of hydrogen-bond donors (Lipinski definition) is 0. The van der Waals surface area contributed by atoms with Gasteiger partial charge in [-0.1, -0.05) is 129 Å². The summed E-state index contributed by atoms with van der Waals surface area (Å²) in [6, 6.07) is 0. The van der Waals surface area contributed by atoms with Crippen LogP contribution in [0.25, 0.3) is 0 Å². The molecule has 0 amide bonds. The molecule has 0 saturated heterocycles. The number of hydrogen-bond acceptors (Lipinski definition) is 0. The van der Waals surface area contributed by atoms with Gasteiger partial charge in [0, 0.05) is 0 Å². The molecular formula is C30H48. The van der Waals surface area contributed by atoms with E-state index in [1.807, 2.05) is 39.0 Å². The molecule has 0 atom stereocenters. The van der Waals surface area contributed by atoms with E-state index in [2.05, 4.69) is 110 Å². The van der Waals surface area contributed by atoms with Gasteiger partial charge in [0.05, 0.1) is 0 Å². The molecule has 0 heteroatoms. The van der Waals surface area contributed by atoms with Crippen molar-refractivity contribution < 1.29 is 0 Å². The van der Waals surface area contributed by atoms with Crippen molar-refractivity contribution >= 4 is 0 Å². The summed E-state index contributed by atoms with van der Waals surface area (Å²) in [6.07, 6.45) is 23.8. The molecule has 0 radical (unpaired) electrons. The van der Waals surface area contributed by atoms with Gasteiger partial charge in [-0.2, -0.15) is 0 Å². The molecule has 0 aliphatic rings. The average molecular weight is 409 g/mol. The van der Waals surface area contributed by atoms with Gasteiger partial charge in [-0.05, 0) is 60.8 Å². The number of allylic oxidation sites excluding steroid dienone is 16. The normalized spacial score (nSPS) is 12.6. The molecule has 0 saturated carbocycles. The first-order chi connectivity index (χ1) is 14.0. The molecule has 0 aliphatic heterocycles. The molecule has 0 nitrogen and oxygen atoms in total. The smallest absolute Gasteiger partial charge is 0.0287 e. The minimum absolute atomic E-state index is 0.633. The third-order valence-electron chi connectivity index (χ3n) is 3.74. The Morgan fingerprint density at radius 1 is 0.800 bits per heavy atom. The van der Waals surface area contributed by atoms with E-state index in [0.717, 1.165) is 12.0 Å². The molecule has 0 rings (SSSR count). The second kappa shape index (κ2) is 22.9. The average Bonchev–Trinajstić information content (AvgIpc) is 2.67. The molecule has 0 fully saturated rings. The van der Waals surface area contributed by atoms with Crippen LogP contribution >= 0.6 is 0 Å². The molecule has 0 spiro atoms. The van der Waals surface area contributed by atoms with E-state index in [1.54, 1.807) is 0 Å². The fourth-order valence-corrected chi connectivity index (χ4v) is 1.48. The molecule has 0 aliphatic carbocycles. The molecule has 0 bridgehead atoms. The van der Waals surface area contributed by atoms with Crippen LogP contribution in [-0.2, 0) is 0 Å². The second-order valence-corrected chi connectivity index (χ2v) is 7.95. The second-order valence-electron chi connectivity index (χ2n) is 7.95. The Bertz CT molecular complexity index is 661. The van der Waals surface area contributed by atoms with Crippen LogP contribution in [-0.4, -0.2) is 0 Å². The highest BCUT2D eigenvalue weighted by Gasteiger charge is 1.80. The largest absolute Gasteiger partial charge is 0.0988 e. The van der Waals surface area contributed by atoms with Gasteiger partial charge in [0.1, 0.15) is 0 Å². The van der Waals surface area contributed by atoms with Crippen LogP contribution in [0.5, 0.6) is 0 Å². The quantitative estimate of drug-likeness (QED) is 0.350. The van der Waals surface area contributed by atoms with Crippen LogP contribution in [0.4, 0.5) is 0 Å². The zero-order valence-corrected chi connectivity index (χ0v) is 21.5. The van der Waals surface area contributed by atoms with Crippen molar-refractivity contribution in [2.75, 3.05) is 0 Å². The van der Waals surface area contributed by atoms with Crippen molar-refractivity contribution in [1.29, 1.82) is 0 Å². The van der Waals surface area contributed by atoms with Crippen LogP contribution in [0.15, 0.2) is 108 Å². The van der Waals surface area contributed by atoms with Gasteiger partial charge in [-0.25, -0.2) is 0 Å². The van der Waals surface area contributed by atoms with Gasteiger partial charge in [-0.3, -0.25) is 0 Å². The van der Waals surface area contributed by atoms with Gasteiger partial charge >= 0.3 is 0 Å². The first-order valence-corrected chi connectivity index (χ1v) is 10.9. The van der Waals surface area contributed by atoms with E-state index in [-0.39, 0.29) is 0 Å². The summed E-state index contributed by atoms with van der Waals surface area (Å²) in [5.74, 6) is 0.633. The van der Waals surface area contributed by atoms with Crippen LogP contribution < -0.4 is 0 Å².